The van der Waals surface area contributed by atoms with Crippen LogP contribution in [0.5, 0.6) is 5.88 Å². The molecular formula is C24H23AlF2N4O4. The maximum absolute atomic E-state index is 13.7. The molecule has 35 heavy (non-hydrogen) atoms. The highest BCUT2D eigenvalue weighted by molar-refractivity contribution is 6.31. The zero-order chi connectivity index (χ0) is 25.0. The minimum absolute atomic E-state index is 0.157. The van der Waals surface area contributed by atoms with Gasteiger partial charge in [0.25, 0.3) is 12.0 Å². The van der Waals surface area contributed by atoms with E-state index < -0.39 is 18.3 Å². The number of pyridine rings is 3. The maximum atomic E-state index is 13.7. The van der Waals surface area contributed by atoms with E-state index in [4.69, 9.17) is 14.8 Å². The number of ether oxygens (including phenoxy) is 1. The zero-order valence-electron chi connectivity index (χ0n) is 19.3. The van der Waals surface area contributed by atoms with Crippen molar-refractivity contribution in [1.82, 2.24) is 14.5 Å². The Morgan fingerprint density at radius 2 is 2.00 bits per heavy atom. The molecule has 0 unspecified atom stereocenters. The second-order valence-electron chi connectivity index (χ2n) is 9.14. The molecule has 2 aliphatic rings. The van der Waals surface area contributed by atoms with Crippen molar-refractivity contribution < 1.29 is 23.4 Å². The zero-order valence-corrected chi connectivity index (χ0v) is 20.4. The van der Waals surface area contributed by atoms with Crippen molar-refractivity contribution in [2.45, 2.75) is 45.1 Å². The minimum atomic E-state index is -2.67. The Kier molecular flexibility index (Phi) is 6.01. The lowest BCUT2D eigenvalue weighted by molar-refractivity contribution is -0.148. The number of fused-ring (bicyclic) bond motifs is 2. The lowest BCUT2D eigenvalue weighted by atomic mass is 9.82. The van der Waals surface area contributed by atoms with Crippen LogP contribution in [0.3, 0.4) is 0 Å². The standard InChI is InChI=1S/C24H23F2N4O4.Al/c1-12-6-16-18(29(2)23(12)31)10-20(34-15-7-13(8-15)24(32)33)28-22(16)30-5-3-4-17-19(30)9-14(11-27-17)21(25)26;/h6,9-10,13,15,21H,3-5,7-8H2,1-2H3,(H,32,33);. The number of hydrogen-bond donors (Lipinski definition) is 1. The number of hydrogen-bond acceptors (Lipinski definition) is 6. The molecule has 4 heterocycles. The molecular weight excluding hydrogens is 473 g/mol. The quantitative estimate of drug-likeness (QED) is 0.543. The van der Waals surface area contributed by atoms with Gasteiger partial charge in [-0.1, -0.05) is 4.56 Å². The highest BCUT2D eigenvalue weighted by Crippen LogP contribution is 2.39. The lowest BCUT2D eigenvalue weighted by Crippen LogP contribution is -2.38. The molecule has 3 aromatic heterocycles. The monoisotopic (exact) mass is 496 g/mol. The Balaban J connectivity index is 1.65. The Morgan fingerprint density at radius 3 is 2.69 bits per heavy atom. The van der Waals surface area contributed by atoms with Crippen molar-refractivity contribution in [2.24, 2.45) is 13.0 Å². The third-order valence-electron chi connectivity index (χ3n) is 6.80. The van der Waals surface area contributed by atoms with Gasteiger partial charge >= 0.3 is 5.97 Å². The van der Waals surface area contributed by atoms with E-state index in [0.29, 0.717) is 59.5 Å². The van der Waals surface area contributed by atoms with Crippen molar-refractivity contribution in [3.8, 4) is 5.88 Å². The van der Waals surface area contributed by atoms with Crippen LogP contribution in [0.2, 0.25) is 0 Å². The van der Waals surface area contributed by atoms with Gasteiger partial charge in [-0.25, -0.2) is 8.78 Å². The molecule has 3 aromatic rings. The summed E-state index contributed by atoms with van der Waals surface area (Å²) in [5.41, 5.74) is 2.07. The summed E-state index contributed by atoms with van der Waals surface area (Å²) in [7, 11) is 1.66. The van der Waals surface area contributed by atoms with Gasteiger partial charge in [-0.3, -0.25) is 14.6 Å². The Hall–Kier alpha value is -3.03. The number of aliphatic carboxylic acids is 1. The summed E-state index contributed by atoms with van der Waals surface area (Å²) < 4.78 is 35.1. The second kappa shape index (κ2) is 8.88. The molecule has 2 radical (unpaired) electrons. The SMILES string of the molecule is Cc1cc2c(N3CCCc4n[c]([Al])c(C(F)F)cc43)nc(OC3CC(C(=O)O)C3)cc2n(C)c1=O. The van der Waals surface area contributed by atoms with Gasteiger partial charge < -0.3 is 19.3 Å². The summed E-state index contributed by atoms with van der Waals surface area (Å²) in [6.45, 7) is 2.25. The summed E-state index contributed by atoms with van der Waals surface area (Å²) >= 11 is 2.29. The van der Waals surface area contributed by atoms with E-state index in [2.05, 4.69) is 21.3 Å². The topological polar surface area (TPSA) is 97.5 Å². The van der Waals surface area contributed by atoms with Gasteiger partial charge in [0, 0.05) is 36.2 Å². The van der Waals surface area contributed by atoms with Crippen LogP contribution in [0.4, 0.5) is 20.3 Å². The van der Waals surface area contributed by atoms with Crippen LogP contribution in [0, 0.1) is 12.8 Å². The first kappa shape index (κ1) is 23.7. The number of nitrogens with zero attached hydrogens (tertiary/aromatic N) is 4. The number of aryl methyl sites for hydroxylation is 3. The van der Waals surface area contributed by atoms with E-state index in [1.165, 1.54) is 10.6 Å². The average Bonchev–Trinajstić information content (AvgIpc) is 2.78. The number of aromatic nitrogens is 3. The molecule has 0 atom stereocenters. The molecule has 0 bridgehead atoms. The lowest BCUT2D eigenvalue weighted by Gasteiger charge is -2.34. The molecule has 1 saturated carbocycles. The normalized spacial score (nSPS) is 19.5. The van der Waals surface area contributed by atoms with Crippen LogP contribution in [-0.2, 0) is 18.3 Å². The molecule has 1 aliphatic carbocycles. The van der Waals surface area contributed by atoms with E-state index in [-0.39, 0.29) is 27.7 Å². The van der Waals surface area contributed by atoms with Crippen molar-refractivity contribution in [1.29, 1.82) is 0 Å². The van der Waals surface area contributed by atoms with Crippen LogP contribution >= 0.6 is 0 Å². The molecule has 0 spiro atoms. The van der Waals surface area contributed by atoms with Crippen LogP contribution < -0.4 is 19.8 Å². The minimum Gasteiger partial charge on any atom is -0.481 e. The first-order chi connectivity index (χ1) is 16.6. The summed E-state index contributed by atoms with van der Waals surface area (Å²) in [5, 5.41) is 9.85. The maximum Gasteiger partial charge on any atom is 0.306 e. The second-order valence-corrected chi connectivity index (χ2v) is 9.69. The van der Waals surface area contributed by atoms with Crippen LogP contribution in [-0.4, -0.2) is 54.5 Å². The number of anilines is 2. The fourth-order valence-corrected chi connectivity index (χ4v) is 5.15. The molecule has 1 fully saturated rings. The van der Waals surface area contributed by atoms with Gasteiger partial charge in [0.05, 0.1) is 22.8 Å². The van der Waals surface area contributed by atoms with Crippen molar-refractivity contribution in [3.05, 3.63) is 45.4 Å². The van der Waals surface area contributed by atoms with Gasteiger partial charge in [0.1, 0.15) is 11.9 Å². The van der Waals surface area contributed by atoms with Gasteiger partial charge in [-0.05, 0) is 44.7 Å². The molecule has 5 rings (SSSR count). The molecule has 0 aromatic carbocycles. The van der Waals surface area contributed by atoms with Gasteiger partial charge in [0.2, 0.25) is 22.2 Å². The van der Waals surface area contributed by atoms with E-state index in [1.807, 2.05) is 4.90 Å². The molecule has 1 N–H and O–H groups in total. The largest absolute Gasteiger partial charge is 0.481 e. The van der Waals surface area contributed by atoms with Crippen LogP contribution in [0.1, 0.15) is 42.5 Å². The van der Waals surface area contributed by atoms with Crippen molar-refractivity contribution in [3.63, 3.8) is 0 Å². The van der Waals surface area contributed by atoms with Gasteiger partial charge in [0.15, 0.2) is 0 Å². The molecule has 8 nitrogen and oxygen atoms in total. The summed E-state index contributed by atoms with van der Waals surface area (Å²) in [6.07, 6.45) is -0.810. The van der Waals surface area contributed by atoms with Gasteiger partial charge in [-0.15, -0.1) is 0 Å². The third kappa shape index (κ3) is 4.17. The summed E-state index contributed by atoms with van der Waals surface area (Å²) in [6, 6.07) is 4.90. The molecule has 180 valence electrons. The van der Waals surface area contributed by atoms with E-state index in [9.17, 15) is 18.4 Å². The summed E-state index contributed by atoms with van der Waals surface area (Å²) in [4.78, 5) is 34.9. The predicted molar refractivity (Wildman–Crippen MR) is 126 cm³/mol. The first-order valence-corrected chi connectivity index (χ1v) is 12.0. The Bertz CT molecular complexity index is 1400. The number of carbonyl (C=O) groups is 1. The number of carboxylic acid groups (broad SMARTS) is 1. The van der Waals surface area contributed by atoms with Crippen LogP contribution in [0.15, 0.2) is 23.0 Å². The smallest absolute Gasteiger partial charge is 0.306 e. The van der Waals surface area contributed by atoms with E-state index >= 15 is 0 Å². The van der Waals surface area contributed by atoms with Gasteiger partial charge in [-0.2, -0.15) is 4.98 Å². The predicted octanol–water partition coefficient (Wildman–Crippen LogP) is 2.69. The fourth-order valence-electron chi connectivity index (χ4n) is 4.78. The Morgan fingerprint density at radius 1 is 1.26 bits per heavy atom. The molecule has 0 amide bonds. The highest BCUT2D eigenvalue weighted by atomic mass is 27.0. The Labute approximate surface area is 208 Å². The van der Waals surface area contributed by atoms with Crippen LogP contribution in [0.25, 0.3) is 10.9 Å². The average molecular weight is 496 g/mol. The fraction of sp³-hybridized carbons (Fsp3) is 0.417. The molecule has 11 heteroatoms. The van der Waals surface area contributed by atoms with Crippen molar-refractivity contribution in [2.75, 3.05) is 11.4 Å². The number of rotatable bonds is 5. The number of halogens is 2. The number of carboxylic acids is 1. The van der Waals surface area contributed by atoms with E-state index in [0.717, 1.165) is 6.42 Å². The third-order valence-corrected chi connectivity index (χ3v) is 7.27. The summed E-state index contributed by atoms with van der Waals surface area (Å²) in [5.74, 6) is -0.543. The number of alkyl halides is 2. The molecule has 0 saturated heterocycles. The highest BCUT2D eigenvalue weighted by Gasteiger charge is 2.36. The van der Waals surface area contributed by atoms with E-state index in [1.54, 1.807) is 26.1 Å². The van der Waals surface area contributed by atoms with Crippen molar-refractivity contribution >= 4 is 49.2 Å². The first-order valence-electron chi connectivity index (χ1n) is 11.4. The molecule has 1 aliphatic heterocycles.